The predicted octanol–water partition coefficient (Wildman–Crippen LogP) is 2.02. The van der Waals surface area contributed by atoms with Crippen LogP contribution in [0.4, 0.5) is 0 Å². The molecule has 0 aromatic carbocycles. The molecule has 2 aromatic heterocycles. The van der Waals surface area contributed by atoms with Gasteiger partial charge in [0.2, 0.25) is 0 Å². The molecule has 0 radical (unpaired) electrons. The molecule has 4 nitrogen and oxygen atoms in total. The Balaban J connectivity index is 2.31. The summed E-state index contributed by atoms with van der Waals surface area (Å²) in [6.07, 6.45) is 3.84. The van der Waals surface area contributed by atoms with Gasteiger partial charge < -0.3 is 5.73 Å². The highest BCUT2D eigenvalue weighted by molar-refractivity contribution is 7.11. The zero-order chi connectivity index (χ0) is 11.7. The number of aromatic nitrogens is 3. The molecule has 2 rings (SSSR count). The molecule has 2 aromatic rings. The molecular weight excluding hydrogens is 220 g/mol. The van der Waals surface area contributed by atoms with Gasteiger partial charge >= 0.3 is 0 Å². The maximum absolute atomic E-state index is 6.22. The summed E-state index contributed by atoms with van der Waals surface area (Å²) >= 11 is 1.66. The summed E-state index contributed by atoms with van der Waals surface area (Å²) in [5.74, 6) is 0. The summed E-state index contributed by atoms with van der Waals surface area (Å²) in [6.45, 7) is 6.93. The first-order chi connectivity index (χ1) is 7.61. The van der Waals surface area contributed by atoms with Gasteiger partial charge in [-0.05, 0) is 20.8 Å². The Morgan fingerprint density at radius 1 is 1.50 bits per heavy atom. The fraction of sp³-hybridized carbons (Fsp3) is 0.455. The monoisotopic (exact) mass is 236 g/mol. The van der Waals surface area contributed by atoms with Crippen LogP contribution in [0.5, 0.6) is 0 Å². The van der Waals surface area contributed by atoms with Gasteiger partial charge in [-0.1, -0.05) is 0 Å². The molecule has 0 fully saturated rings. The number of thiazole rings is 1. The van der Waals surface area contributed by atoms with Crippen LogP contribution in [-0.4, -0.2) is 14.8 Å². The fourth-order valence-corrected chi connectivity index (χ4v) is 2.66. The molecule has 0 saturated heterocycles. The number of hydrogen-bond donors (Lipinski definition) is 1. The van der Waals surface area contributed by atoms with Crippen LogP contribution in [0.3, 0.4) is 0 Å². The van der Waals surface area contributed by atoms with Crippen molar-refractivity contribution < 1.29 is 0 Å². The van der Waals surface area contributed by atoms with Gasteiger partial charge in [-0.25, -0.2) is 4.98 Å². The third-order valence-corrected chi connectivity index (χ3v) is 3.71. The molecule has 2 heterocycles. The lowest BCUT2D eigenvalue weighted by Crippen LogP contribution is -2.10. The topological polar surface area (TPSA) is 56.7 Å². The Hall–Kier alpha value is -1.20. The minimum absolute atomic E-state index is 0.105. The minimum atomic E-state index is -0.105. The summed E-state index contributed by atoms with van der Waals surface area (Å²) in [5.41, 5.74) is 8.29. The first-order valence-electron chi connectivity index (χ1n) is 5.33. The second kappa shape index (κ2) is 4.35. The van der Waals surface area contributed by atoms with Crippen LogP contribution in [0.25, 0.3) is 0 Å². The van der Waals surface area contributed by atoms with E-state index in [1.165, 1.54) is 0 Å². The van der Waals surface area contributed by atoms with E-state index in [1.807, 2.05) is 30.9 Å². The van der Waals surface area contributed by atoms with Crippen molar-refractivity contribution in [3.05, 3.63) is 33.5 Å². The molecule has 0 bridgehead atoms. The molecule has 5 heteroatoms. The third-order valence-electron chi connectivity index (χ3n) is 2.56. The van der Waals surface area contributed by atoms with Gasteiger partial charge in [-0.15, -0.1) is 11.3 Å². The second-order valence-corrected chi connectivity index (χ2v) is 5.02. The highest BCUT2D eigenvalue weighted by atomic mass is 32.1. The average Bonchev–Trinajstić information content (AvgIpc) is 2.84. The van der Waals surface area contributed by atoms with Crippen LogP contribution < -0.4 is 5.73 Å². The summed E-state index contributed by atoms with van der Waals surface area (Å²) in [4.78, 5) is 5.53. The standard InChI is InChI=1S/C11H16N4S/c1-4-15-6-9(5-13-15)10(12)11-7(2)14-8(3)16-11/h5-6,10H,4,12H2,1-3H3. The Bertz CT molecular complexity index is 486. The second-order valence-electron chi connectivity index (χ2n) is 3.79. The van der Waals surface area contributed by atoms with Gasteiger partial charge in [0, 0.05) is 23.2 Å². The Labute approximate surface area is 99.1 Å². The number of hydrogen-bond acceptors (Lipinski definition) is 4. The first kappa shape index (κ1) is 11.3. The molecule has 1 atom stereocenters. The highest BCUT2D eigenvalue weighted by Crippen LogP contribution is 2.27. The van der Waals surface area contributed by atoms with Crippen molar-refractivity contribution in [1.82, 2.24) is 14.8 Å². The van der Waals surface area contributed by atoms with Gasteiger partial charge in [-0.3, -0.25) is 4.68 Å². The third kappa shape index (κ3) is 2.01. The highest BCUT2D eigenvalue weighted by Gasteiger charge is 2.16. The van der Waals surface area contributed by atoms with Crippen molar-refractivity contribution in [1.29, 1.82) is 0 Å². The lowest BCUT2D eigenvalue weighted by molar-refractivity contribution is 0.658. The van der Waals surface area contributed by atoms with Crippen molar-refractivity contribution in [3.8, 4) is 0 Å². The van der Waals surface area contributed by atoms with Crippen molar-refractivity contribution in [3.63, 3.8) is 0 Å². The summed E-state index contributed by atoms with van der Waals surface area (Å²) in [6, 6.07) is -0.105. The molecule has 2 N–H and O–H groups in total. The number of aryl methyl sites for hydroxylation is 3. The van der Waals surface area contributed by atoms with Gasteiger partial charge in [-0.2, -0.15) is 5.10 Å². The van der Waals surface area contributed by atoms with Crippen molar-refractivity contribution in [2.75, 3.05) is 0 Å². The summed E-state index contributed by atoms with van der Waals surface area (Å²) in [7, 11) is 0. The van der Waals surface area contributed by atoms with Crippen LogP contribution in [0, 0.1) is 13.8 Å². The molecule has 1 unspecified atom stereocenters. The van der Waals surface area contributed by atoms with E-state index in [-0.39, 0.29) is 6.04 Å². The fourth-order valence-electron chi connectivity index (χ4n) is 1.70. The quantitative estimate of drug-likeness (QED) is 0.887. The average molecular weight is 236 g/mol. The van der Waals surface area contributed by atoms with Crippen LogP contribution in [-0.2, 0) is 6.54 Å². The zero-order valence-corrected chi connectivity index (χ0v) is 10.6. The molecule has 0 saturated carbocycles. The Morgan fingerprint density at radius 3 is 2.75 bits per heavy atom. The first-order valence-corrected chi connectivity index (χ1v) is 6.15. The normalized spacial score (nSPS) is 13.0. The van der Waals surface area contributed by atoms with E-state index in [9.17, 15) is 0 Å². The molecule has 0 spiro atoms. The Kier molecular flexibility index (Phi) is 3.07. The minimum Gasteiger partial charge on any atom is -0.319 e. The lowest BCUT2D eigenvalue weighted by atomic mass is 10.1. The largest absolute Gasteiger partial charge is 0.319 e. The molecule has 0 amide bonds. The maximum Gasteiger partial charge on any atom is 0.0900 e. The van der Waals surface area contributed by atoms with E-state index in [2.05, 4.69) is 17.0 Å². The zero-order valence-electron chi connectivity index (χ0n) is 9.77. The van der Waals surface area contributed by atoms with E-state index < -0.39 is 0 Å². The van der Waals surface area contributed by atoms with Gasteiger partial charge in [0.15, 0.2) is 0 Å². The van der Waals surface area contributed by atoms with E-state index in [0.717, 1.165) is 27.7 Å². The van der Waals surface area contributed by atoms with Gasteiger partial charge in [0.25, 0.3) is 0 Å². The summed E-state index contributed by atoms with van der Waals surface area (Å²) in [5, 5.41) is 5.30. The smallest absolute Gasteiger partial charge is 0.0900 e. The molecule has 0 aliphatic carbocycles. The molecule has 0 aliphatic heterocycles. The number of nitrogens with two attached hydrogens (primary N) is 1. The Morgan fingerprint density at radius 2 is 2.25 bits per heavy atom. The van der Waals surface area contributed by atoms with Crippen LogP contribution >= 0.6 is 11.3 Å². The van der Waals surface area contributed by atoms with E-state index in [4.69, 9.17) is 5.73 Å². The van der Waals surface area contributed by atoms with Crippen LogP contribution in [0.2, 0.25) is 0 Å². The predicted molar refractivity (Wildman–Crippen MR) is 65.5 cm³/mol. The number of rotatable bonds is 3. The summed E-state index contributed by atoms with van der Waals surface area (Å²) < 4.78 is 1.89. The van der Waals surface area contributed by atoms with E-state index in [1.54, 1.807) is 11.3 Å². The molecule has 0 aliphatic rings. The SMILES string of the molecule is CCn1cc(C(N)c2sc(C)nc2C)cn1. The molecule has 16 heavy (non-hydrogen) atoms. The van der Waals surface area contributed by atoms with Gasteiger partial charge in [0.05, 0.1) is 22.9 Å². The van der Waals surface area contributed by atoms with E-state index in [0.29, 0.717) is 0 Å². The molecule has 86 valence electrons. The van der Waals surface area contributed by atoms with E-state index >= 15 is 0 Å². The van der Waals surface area contributed by atoms with Crippen molar-refractivity contribution in [2.45, 2.75) is 33.4 Å². The molecular formula is C11H16N4S. The lowest BCUT2D eigenvalue weighted by Gasteiger charge is -2.07. The van der Waals surface area contributed by atoms with Crippen LogP contribution in [0.1, 0.15) is 34.1 Å². The van der Waals surface area contributed by atoms with Crippen LogP contribution in [0.15, 0.2) is 12.4 Å². The van der Waals surface area contributed by atoms with Crippen molar-refractivity contribution >= 4 is 11.3 Å². The van der Waals surface area contributed by atoms with Gasteiger partial charge in [0.1, 0.15) is 0 Å². The maximum atomic E-state index is 6.22. The van der Waals surface area contributed by atoms with Crippen molar-refractivity contribution in [2.24, 2.45) is 5.73 Å². The number of nitrogens with zero attached hydrogens (tertiary/aromatic N) is 3.